The number of rotatable bonds is 2. The molecule has 2 aromatic heterocycles. The molecule has 84 valence electrons. The minimum atomic E-state index is -0.393. The van der Waals surface area contributed by atoms with Crippen LogP contribution in [0, 0.1) is 0 Å². The molecule has 2 rings (SSSR count). The zero-order valence-corrected chi connectivity index (χ0v) is 10.4. The third-order valence-corrected chi connectivity index (χ3v) is 3.07. The third kappa shape index (κ3) is 1.47. The molecule has 0 saturated carbocycles. The lowest BCUT2D eigenvalue weighted by atomic mass is 10.2. The monoisotopic (exact) mass is 257 g/mol. The number of nitrogens with zero attached hydrogens (tertiary/aromatic N) is 3. The number of aryl methyl sites for hydroxylation is 1. The molecule has 0 aliphatic carbocycles. The van der Waals surface area contributed by atoms with Gasteiger partial charge in [0.15, 0.2) is 6.29 Å². The van der Waals surface area contributed by atoms with E-state index < -0.39 is 5.56 Å². The molecule has 0 spiro atoms. The second-order valence-electron chi connectivity index (χ2n) is 3.30. The van der Waals surface area contributed by atoms with Crippen molar-refractivity contribution < 1.29 is 4.79 Å². The Morgan fingerprint density at radius 1 is 1.62 bits per heavy atom. The maximum atomic E-state index is 11.9. The Kier molecular flexibility index (Phi) is 2.82. The number of aldehydes is 1. The van der Waals surface area contributed by atoms with Gasteiger partial charge < -0.3 is 4.57 Å². The van der Waals surface area contributed by atoms with Crippen molar-refractivity contribution in [3.8, 4) is 0 Å². The van der Waals surface area contributed by atoms with Crippen molar-refractivity contribution in [1.82, 2.24) is 14.3 Å². The van der Waals surface area contributed by atoms with E-state index in [1.807, 2.05) is 0 Å². The molecule has 7 heteroatoms. The second kappa shape index (κ2) is 4.00. The van der Waals surface area contributed by atoms with Gasteiger partial charge in [-0.2, -0.15) is 5.10 Å². The van der Waals surface area contributed by atoms with Crippen LogP contribution in [0.2, 0.25) is 5.02 Å². The molecule has 0 radical (unpaired) electrons. The summed E-state index contributed by atoms with van der Waals surface area (Å²) in [5.74, 6) is 0. The quantitative estimate of drug-likeness (QED) is 0.596. The van der Waals surface area contributed by atoms with Gasteiger partial charge in [-0.15, -0.1) is 9.24 Å². The highest BCUT2D eigenvalue weighted by molar-refractivity contribution is 7.15. The summed E-state index contributed by atoms with van der Waals surface area (Å²) in [5, 5.41) is 4.24. The van der Waals surface area contributed by atoms with E-state index in [0.29, 0.717) is 23.6 Å². The minimum Gasteiger partial charge on any atom is -0.301 e. The summed E-state index contributed by atoms with van der Waals surface area (Å²) in [5.41, 5.74) is 0.650. The lowest BCUT2D eigenvalue weighted by Crippen LogP contribution is -2.22. The van der Waals surface area contributed by atoms with E-state index in [4.69, 9.17) is 11.6 Å². The molecule has 2 heterocycles. The van der Waals surface area contributed by atoms with Gasteiger partial charge in [0.1, 0.15) is 11.1 Å². The number of aromatic nitrogens is 3. The fraction of sp³-hybridized carbons (Fsp3) is 0.222. The van der Waals surface area contributed by atoms with Crippen LogP contribution in [-0.4, -0.2) is 20.6 Å². The maximum Gasteiger partial charge on any atom is 0.263 e. The molecule has 1 unspecified atom stereocenters. The predicted molar refractivity (Wildman–Crippen MR) is 65.1 cm³/mol. The molecular weight excluding hydrogens is 249 g/mol. The molecule has 0 bridgehead atoms. The molecule has 0 aliphatic heterocycles. The van der Waals surface area contributed by atoms with Crippen LogP contribution in [0.3, 0.4) is 0 Å². The Morgan fingerprint density at radius 2 is 2.31 bits per heavy atom. The lowest BCUT2D eigenvalue weighted by molar-refractivity contribution is 0.112. The first-order valence-corrected chi connectivity index (χ1v) is 5.70. The summed E-state index contributed by atoms with van der Waals surface area (Å²) in [6, 6.07) is 0. The fourth-order valence-electron chi connectivity index (χ4n) is 1.59. The van der Waals surface area contributed by atoms with Crippen LogP contribution in [0.1, 0.15) is 10.4 Å². The van der Waals surface area contributed by atoms with Gasteiger partial charge in [0.25, 0.3) is 5.56 Å². The van der Waals surface area contributed by atoms with Gasteiger partial charge in [0.2, 0.25) is 0 Å². The van der Waals surface area contributed by atoms with Crippen molar-refractivity contribution in [1.29, 1.82) is 0 Å². The predicted octanol–water partition coefficient (Wildman–Crippen LogP) is 1.03. The number of hydrogen-bond acceptors (Lipinski definition) is 3. The van der Waals surface area contributed by atoms with Crippen molar-refractivity contribution in [2.45, 2.75) is 6.29 Å². The van der Waals surface area contributed by atoms with Crippen LogP contribution in [0.25, 0.3) is 11.0 Å². The van der Waals surface area contributed by atoms with E-state index in [0.717, 1.165) is 0 Å². The summed E-state index contributed by atoms with van der Waals surface area (Å²) < 4.78 is 3.00. The Labute approximate surface area is 98.2 Å². The molecule has 0 aliphatic rings. The zero-order chi connectivity index (χ0) is 11.9. The highest BCUT2D eigenvalue weighted by Gasteiger charge is 2.16. The van der Waals surface area contributed by atoms with E-state index in [-0.39, 0.29) is 10.6 Å². The summed E-state index contributed by atoms with van der Waals surface area (Å²) in [7, 11) is 4.17. The highest BCUT2D eigenvalue weighted by Crippen LogP contribution is 2.22. The molecule has 1 atom stereocenters. The number of carbonyl (C=O) groups is 1. The molecule has 0 fully saturated rings. The van der Waals surface area contributed by atoms with Crippen molar-refractivity contribution >= 4 is 38.2 Å². The van der Waals surface area contributed by atoms with Crippen LogP contribution in [0.4, 0.5) is 0 Å². The molecule has 16 heavy (non-hydrogen) atoms. The zero-order valence-electron chi connectivity index (χ0n) is 8.48. The van der Waals surface area contributed by atoms with Crippen LogP contribution >= 0.6 is 20.8 Å². The Balaban J connectivity index is 3.05. The Hall–Kier alpha value is -1.19. The summed E-state index contributed by atoms with van der Waals surface area (Å²) >= 11 is 5.96. The van der Waals surface area contributed by atoms with Crippen LogP contribution in [-0.2, 0) is 13.3 Å². The van der Waals surface area contributed by atoms with Crippen LogP contribution in [0.5, 0.6) is 0 Å². The highest BCUT2D eigenvalue weighted by atomic mass is 35.5. The molecular formula is C9H9ClN3O2P. The van der Waals surface area contributed by atoms with Crippen LogP contribution < -0.4 is 5.56 Å². The topological polar surface area (TPSA) is 56.9 Å². The molecule has 0 aromatic carbocycles. The first kappa shape index (κ1) is 11.3. The Bertz CT molecular complexity index is 632. The summed E-state index contributed by atoms with van der Waals surface area (Å²) in [4.78, 5) is 22.7. The average molecular weight is 258 g/mol. The van der Waals surface area contributed by atoms with E-state index >= 15 is 0 Å². The number of hydrogen-bond donors (Lipinski definition) is 0. The first-order valence-electron chi connectivity index (χ1n) is 4.51. The minimum absolute atomic E-state index is 0.0460. The van der Waals surface area contributed by atoms with Gasteiger partial charge in [-0.05, 0) is 0 Å². The van der Waals surface area contributed by atoms with Crippen molar-refractivity contribution in [3.63, 3.8) is 0 Å². The van der Waals surface area contributed by atoms with Gasteiger partial charge in [0, 0.05) is 19.5 Å². The third-order valence-electron chi connectivity index (χ3n) is 2.32. The number of carbonyl (C=O) groups excluding carboxylic acids is 1. The fourth-order valence-corrected chi connectivity index (χ4v) is 2.21. The maximum absolute atomic E-state index is 11.9. The largest absolute Gasteiger partial charge is 0.301 e. The van der Waals surface area contributed by atoms with Crippen molar-refractivity contribution in [2.24, 2.45) is 7.05 Å². The lowest BCUT2D eigenvalue weighted by Gasteiger charge is -2.05. The first-order chi connectivity index (χ1) is 7.60. The standard InChI is InChI=1S/C9H9ClN3O2P/c1-12-2-6-8(11-12)7(10)5(3-14)9(15)13(6)4-16/h2-3H,4,16H2,1H3. The molecule has 5 nitrogen and oxygen atoms in total. The van der Waals surface area contributed by atoms with Gasteiger partial charge in [-0.1, -0.05) is 11.6 Å². The average Bonchev–Trinajstić information content (AvgIpc) is 2.62. The van der Waals surface area contributed by atoms with Gasteiger partial charge in [-0.3, -0.25) is 14.3 Å². The van der Waals surface area contributed by atoms with E-state index in [1.165, 1.54) is 4.57 Å². The van der Waals surface area contributed by atoms with Crippen molar-refractivity contribution in [3.05, 3.63) is 27.1 Å². The van der Waals surface area contributed by atoms with Crippen LogP contribution in [0.15, 0.2) is 11.0 Å². The van der Waals surface area contributed by atoms with Gasteiger partial charge in [-0.25, -0.2) is 0 Å². The van der Waals surface area contributed by atoms with Crippen molar-refractivity contribution in [2.75, 3.05) is 0 Å². The van der Waals surface area contributed by atoms with Gasteiger partial charge in [0.05, 0.1) is 10.5 Å². The smallest absolute Gasteiger partial charge is 0.263 e. The second-order valence-corrected chi connectivity index (χ2v) is 4.04. The van der Waals surface area contributed by atoms with Gasteiger partial charge >= 0.3 is 0 Å². The SMILES string of the molecule is Cn1cc2c(n1)c(Cl)c(C=O)c(=O)n2CP. The van der Waals surface area contributed by atoms with E-state index in [2.05, 4.69) is 14.3 Å². The normalized spacial score (nSPS) is 10.9. The molecule has 0 saturated heterocycles. The summed E-state index contributed by atoms with van der Waals surface area (Å²) in [6.07, 6.45) is 2.55. The number of halogens is 1. The summed E-state index contributed by atoms with van der Waals surface area (Å²) in [6.45, 7) is 0. The molecule has 0 N–H and O–H groups in total. The molecule has 0 amide bonds. The molecule has 2 aromatic rings. The van der Waals surface area contributed by atoms with E-state index in [9.17, 15) is 9.59 Å². The number of pyridine rings is 1. The Morgan fingerprint density at radius 3 is 2.88 bits per heavy atom. The van der Waals surface area contributed by atoms with E-state index in [1.54, 1.807) is 17.9 Å². The number of fused-ring (bicyclic) bond motifs is 1.